The van der Waals surface area contributed by atoms with Gasteiger partial charge >= 0.3 is 11.9 Å². The first-order valence-electron chi connectivity index (χ1n) is 10.0. The summed E-state index contributed by atoms with van der Waals surface area (Å²) in [5, 5.41) is 33.9. The number of hydrogen-bond donors (Lipinski definition) is 7. The summed E-state index contributed by atoms with van der Waals surface area (Å²) in [6.07, 6.45) is -0.310. The van der Waals surface area contributed by atoms with Crippen LogP contribution in [0.25, 0.3) is 0 Å². The van der Waals surface area contributed by atoms with Crippen molar-refractivity contribution in [2.45, 2.75) is 71.1 Å². The van der Waals surface area contributed by atoms with E-state index in [1.54, 1.807) is 13.8 Å². The molecule has 0 saturated heterocycles. The van der Waals surface area contributed by atoms with Crippen LogP contribution >= 0.6 is 0 Å². The molecule has 0 aliphatic carbocycles. The van der Waals surface area contributed by atoms with E-state index < -0.39 is 66.9 Å². The van der Waals surface area contributed by atoms with Gasteiger partial charge in [-0.15, -0.1) is 0 Å². The molecule has 0 aromatic carbocycles. The Hall–Kier alpha value is -2.73. The van der Waals surface area contributed by atoms with Crippen LogP contribution in [0.4, 0.5) is 0 Å². The van der Waals surface area contributed by atoms with Gasteiger partial charge in [0.05, 0.1) is 19.1 Å². The van der Waals surface area contributed by atoms with Crippen molar-refractivity contribution in [1.82, 2.24) is 16.0 Å². The zero-order valence-corrected chi connectivity index (χ0v) is 18.3. The number of nitrogens with one attached hydrogen (secondary N) is 3. The maximum atomic E-state index is 12.7. The van der Waals surface area contributed by atoms with E-state index in [4.69, 9.17) is 21.1 Å². The third-order valence-corrected chi connectivity index (χ3v) is 4.21. The van der Waals surface area contributed by atoms with E-state index in [2.05, 4.69) is 16.0 Å². The fourth-order valence-corrected chi connectivity index (χ4v) is 2.71. The molecule has 0 spiro atoms. The van der Waals surface area contributed by atoms with Crippen molar-refractivity contribution >= 4 is 29.7 Å². The molecule has 0 rings (SSSR count). The number of nitrogens with two attached hydrogens (primary N) is 1. The first kappa shape index (κ1) is 28.3. The molecule has 0 saturated carbocycles. The highest BCUT2D eigenvalue weighted by atomic mass is 16.4. The van der Waals surface area contributed by atoms with E-state index in [9.17, 15) is 24.0 Å². The molecule has 3 amide bonds. The van der Waals surface area contributed by atoms with Gasteiger partial charge in [-0.2, -0.15) is 0 Å². The molecule has 0 aliphatic heterocycles. The van der Waals surface area contributed by atoms with Crippen LogP contribution in [0.2, 0.25) is 0 Å². The lowest BCUT2D eigenvalue weighted by molar-refractivity contribution is -0.144. The Kier molecular flexibility index (Phi) is 12.4. The highest BCUT2D eigenvalue weighted by Crippen LogP contribution is 2.08. The molecule has 0 heterocycles. The predicted molar refractivity (Wildman–Crippen MR) is 110 cm³/mol. The lowest BCUT2D eigenvalue weighted by Gasteiger charge is -2.25. The van der Waals surface area contributed by atoms with Gasteiger partial charge in [0.15, 0.2) is 0 Å². The molecular formula is C19H34N4O8. The van der Waals surface area contributed by atoms with Gasteiger partial charge in [0, 0.05) is 0 Å². The van der Waals surface area contributed by atoms with Crippen LogP contribution in [0.15, 0.2) is 0 Å². The lowest BCUT2D eigenvalue weighted by Crippen LogP contribution is -2.58. The van der Waals surface area contributed by atoms with Crippen LogP contribution in [0.1, 0.15) is 47.0 Å². The second kappa shape index (κ2) is 13.5. The van der Waals surface area contributed by atoms with E-state index >= 15 is 0 Å². The predicted octanol–water partition coefficient (Wildman–Crippen LogP) is -1.59. The minimum Gasteiger partial charge on any atom is -0.481 e. The van der Waals surface area contributed by atoms with Crippen molar-refractivity contribution in [2.24, 2.45) is 17.6 Å². The number of rotatable bonds is 14. The second-order valence-electron chi connectivity index (χ2n) is 8.17. The van der Waals surface area contributed by atoms with Crippen molar-refractivity contribution in [2.75, 3.05) is 6.61 Å². The molecule has 31 heavy (non-hydrogen) atoms. The number of carboxylic acids is 2. The first-order valence-corrected chi connectivity index (χ1v) is 10.0. The summed E-state index contributed by atoms with van der Waals surface area (Å²) in [5.74, 6) is -5.30. The van der Waals surface area contributed by atoms with Crippen LogP contribution in [0, 0.1) is 11.8 Å². The Balaban J connectivity index is 5.43. The van der Waals surface area contributed by atoms with E-state index in [-0.39, 0.29) is 18.3 Å². The third kappa shape index (κ3) is 11.3. The zero-order chi connectivity index (χ0) is 24.3. The topological polar surface area (TPSA) is 208 Å². The summed E-state index contributed by atoms with van der Waals surface area (Å²) in [7, 11) is 0. The number of aliphatic hydroxyl groups excluding tert-OH is 1. The Morgan fingerprint density at radius 2 is 1.19 bits per heavy atom. The van der Waals surface area contributed by atoms with Gasteiger partial charge in [-0.25, -0.2) is 4.79 Å². The minimum absolute atomic E-state index is 0.0968. The average molecular weight is 447 g/mol. The third-order valence-electron chi connectivity index (χ3n) is 4.21. The maximum Gasteiger partial charge on any atom is 0.328 e. The van der Waals surface area contributed by atoms with Crippen molar-refractivity contribution in [3.05, 3.63) is 0 Å². The van der Waals surface area contributed by atoms with E-state index in [0.29, 0.717) is 6.42 Å². The normalized spacial score (nSPS) is 15.0. The summed E-state index contributed by atoms with van der Waals surface area (Å²) in [5.41, 5.74) is 5.78. The molecule has 12 heteroatoms. The smallest absolute Gasteiger partial charge is 0.328 e. The number of hydrogen-bond acceptors (Lipinski definition) is 7. The van der Waals surface area contributed by atoms with Crippen molar-refractivity contribution < 1.29 is 39.3 Å². The monoisotopic (exact) mass is 446 g/mol. The molecule has 0 bridgehead atoms. The molecule has 0 aromatic rings. The number of amides is 3. The Labute approximate surface area is 180 Å². The van der Waals surface area contributed by atoms with Crippen molar-refractivity contribution in [3.63, 3.8) is 0 Å². The molecule has 12 nitrogen and oxygen atoms in total. The van der Waals surface area contributed by atoms with Crippen LogP contribution in [0.3, 0.4) is 0 Å². The summed E-state index contributed by atoms with van der Waals surface area (Å²) in [6.45, 7) is 6.36. The lowest BCUT2D eigenvalue weighted by atomic mass is 10.0. The number of carbonyl (C=O) groups excluding carboxylic acids is 3. The zero-order valence-electron chi connectivity index (χ0n) is 18.3. The average Bonchev–Trinajstić information content (AvgIpc) is 2.62. The van der Waals surface area contributed by atoms with Gasteiger partial charge in [-0.05, 0) is 24.7 Å². The van der Waals surface area contributed by atoms with Crippen LogP contribution in [0.5, 0.6) is 0 Å². The van der Waals surface area contributed by atoms with Gasteiger partial charge < -0.3 is 37.0 Å². The van der Waals surface area contributed by atoms with Crippen molar-refractivity contribution in [3.8, 4) is 0 Å². The largest absolute Gasteiger partial charge is 0.481 e. The van der Waals surface area contributed by atoms with Gasteiger partial charge in [0.1, 0.15) is 18.1 Å². The highest BCUT2D eigenvalue weighted by Gasteiger charge is 2.31. The fourth-order valence-electron chi connectivity index (χ4n) is 2.71. The molecule has 0 aliphatic rings. The SMILES string of the molecule is CC(C)CC(N)C(=O)NC(CC(=O)O)C(=O)NC(CC(C)C)C(=O)NC(CO)C(=O)O. The van der Waals surface area contributed by atoms with Gasteiger partial charge in [-0.1, -0.05) is 27.7 Å². The number of aliphatic carboxylic acids is 2. The van der Waals surface area contributed by atoms with Gasteiger partial charge in [0.25, 0.3) is 0 Å². The van der Waals surface area contributed by atoms with Gasteiger partial charge in [-0.3, -0.25) is 19.2 Å². The Morgan fingerprint density at radius 1 is 0.742 bits per heavy atom. The van der Waals surface area contributed by atoms with E-state index in [0.717, 1.165) is 0 Å². The molecule has 0 aromatic heterocycles. The van der Waals surface area contributed by atoms with Gasteiger partial charge in [0.2, 0.25) is 17.7 Å². The first-order chi connectivity index (χ1) is 14.3. The number of carboxylic acid groups (broad SMARTS) is 2. The summed E-state index contributed by atoms with van der Waals surface area (Å²) < 4.78 is 0. The second-order valence-corrected chi connectivity index (χ2v) is 8.17. The van der Waals surface area contributed by atoms with Crippen LogP contribution in [-0.2, 0) is 24.0 Å². The highest BCUT2D eigenvalue weighted by molar-refractivity contribution is 5.95. The van der Waals surface area contributed by atoms with Crippen LogP contribution < -0.4 is 21.7 Å². The fraction of sp³-hybridized carbons (Fsp3) is 0.737. The standard InChI is InChI=1S/C19H34N4O8/c1-9(2)5-11(20)16(27)21-13(7-15(25)26)18(29)22-12(6-10(3)4)17(28)23-14(8-24)19(30)31/h9-14,24H,5-8,20H2,1-4H3,(H,21,27)(H,22,29)(H,23,28)(H,25,26)(H,30,31). The number of aliphatic hydroxyl groups is 1. The molecule has 4 atom stereocenters. The van der Waals surface area contributed by atoms with E-state index in [1.165, 1.54) is 0 Å². The van der Waals surface area contributed by atoms with Crippen molar-refractivity contribution in [1.29, 1.82) is 0 Å². The molecule has 178 valence electrons. The summed E-state index contributed by atoms with van der Waals surface area (Å²) in [6, 6.07) is -5.21. The molecule has 0 radical (unpaired) electrons. The molecule has 0 fully saturated rings. The quantitative estimate of drug-likeness (QED) is 0.164. The Morgan fingerprint density at radius 3 is 1.61 bits per heavy atom. The molecule has 4 unspecified atom stereocenters. The summed E-state index contributed by atoms with van der Waals surface area (Å²) >= 11 is 0. The molecular weight excluding hydrogens is 412 g/mol. The number of carbonyl (C=O) groups is 5. The Bertz CT molecular complexity index is 653. The molecule has 8 N–H and O–H groups in total. The van der Waals surface area contributed by atoms with Crippen LogP contribution in [-0.4, -0.2) is 75.8 Å². The minimum atomic E-state index is -1.57. The summed E-state index contributed by atoms with van der Waals surface area (Å²) in [4.78, 5) is 59.6. The van der Waals surface area contributed by atoms with E-state index in [1.807, 2.05) is 13.8 Å². The maximum absolute atomic E-state index is 12.7.